The molecular formula is C62H39N3. The smallest absolute Gasteiger partial charge is 0.160 e. The highest BCUT2D eigenvalue weighted by Gasteiger charge is 2.21. The second-order valence-corrected chi connectivity index (χ2v) is 16.9. The zero-order valence-corrected chi connectivity index (χ0v) is 35.4. The van der Waals surface area contributed by atoms with Crippen LogP contribution in [0.5, 0.6) is 0 Å². The third-order valence-corrected chi connectivity index (χ3v) is 13.2. The average molecular weight is 826 g/mol. The van der Waals surface area contributed by atoms with Crippen molar-refractivity contribution in [2.45, 2.75) is 0 Å². The number of nitrogens with zero attached hydrogens (tertiary/aromatic N) is 3. The molecule has 65 heavy (non-hydrogen) atoms. The SMILES string of the molecule is c1ccc(-c2nc(-c3ccc4cc(-c5c6ccccc6c(-c6ccccc6)c6ccc7ccccc7c56)ccc4c3)cc(-c3ccccc3-n3c4ccccc4c4ccccc43)n2)cc1. The van der Waals surface area contributed by atoms with Crippen LogP contribution in [0.4, 0.5) is 0 Å². The second-order valence-electron chi connectivity index (χ2n) is 16.9. The molecule has 0 atom stereocenters. The van der Waals surface area contributed by atoms with Crippen molar-refractivity contribution in [2.24, 2.45) is 0 Å². The highest BCUT2D eigenvalue weighted by molar-refractivity contribution is 6.28. The number of benzene rings is 11. The highest BCUT2D eigenvalue weighted by atomic mass is 15.0. The Hall–Kier alpha value is -8.66. The average Bonchev–Trinajstić information content (AvgIpc) is 3.72. The van der Waals surface area contributed by atoms with E-state index in [0.717, 1.165) is 50.2 Å². The van der Waals surface area contributed by atoms with Crippen LogP contribution in [0.1, 0.15) is 0 Å². The molecule has 0 saturated carbocycles. The van der Waals surface area contributed by atoms with Gasteiger partial charge in [-0.2, -0.15) is 0 Å². The zero-order valence-electron chi connectivity index (χ0n) is 35.4. The number of para-hydroxylation sites is 3. The Bertz CT molecular complexity index is 3940. The number of hydrogen-bond donors (Lipinski definition) is 0. The standard InChI is InChI=1S/C62H39N3/c1-3-18-41(19-4-1)59-50-25-9-10-26-51(50)60(61-47-22-8-7-17-40(47)35-36-53(59)61)46-34-32-43-37-45(33-31-44(43)38-46)54-39-55(64-62(63-54)42-20-5-2-6-21-42)52-27-13-16-30-58(52)65-56-28-14-11-23-48(56)49-24-12-15-29-57(49)65/h1-39H. The molecule has 0 fully saturated rings. The van der Waals surface area contributed by atoms with Crippen molar-refractivity contribution < 1.29 is 0 Å². The van der Waals surface area contributed by atoms with Gasteiger partial charge < -0.3 is 4.57 Å². The summed E-state index contributed by atoms with van der Waals surface area (Å²) in [5, 5.41) is 12.3. The summed E-state index contributed by atoms with van der Waals surface area (Å²) in [6.07, 6.45) is 0. The number of hydrogen-bond acceptors (Lipinski definition) is 2. The monoisotopic (exact) mass is 825 g/mol. The summed E-state index contributed by atoms with van der Waals surface area (Å²) in [7, 11) is 0. The van der Waals surface area contributed by atoms with Gasteiger partial charge in [0.05, 0.1) is 28.1 Å². The van der Waals surface area contributed by atoms with Gasteiger partial charge in [-0.3, -0.25) is 0 Å². The lowest BCUT2D eigenvalue weighted by Crippen LogP contribution is -2.00. The fourth-order valence-corrected chi connectivity index (χ4v) is 10.2. The van der Waals surface area contributed by atoms with Gasteiger partial charge in [0.2, 0.25) is 0 Å². The quantitative estimate of drug-likeness (QED) is 0.123. The topological polar surface area (TPSA) is 30.7 Å². The van der Waals surface area contributed by atoms with Gasteiger partial charge in [0.25, 0.3) is 0 Å². The molecule has 302 valence electrons. The third-order valence-electron chi connectivity index (χ3n) is 13.2. The summed E-state index contributed by atoms with van der Waals surface area (Å²) in [4.78, 5) is 10.6. The summed E-state index contributed by atoms with van der Waals surface area (Å²) in [5.74, 6) is 0.690. The normalized spacial score (nSPS) is 11.7. The van der Waals surface area contributed by atoms with E-state index in [0.29, 0.717) is 5.82 Å². The van der Waals surface area contributed by atoms with E-state index in [-0.39, 0.29) is 0 Å². The van der Waals surface area contributed by atoms with E-state index in [1.165, 1.54) is 70.7 Å². The molecule has 2 heterocycles. The molecule has 13 rings (SSSR count). The number of fused-ring (bicyclic) bond motifs is 8. The first-order valence-electron chi connectivity index (χ1n) is 22.2. The minimum absolute atomic E-state index is 0.690. The molecule has 0 aliphatic carbocycles. The predicted molar refractivity (Wildman–Crippen MR) is 274 cm³/mol. The maximum Gasteiger partial charge on any atom is 0.160 e. The Labute approximate surface area is 376 Å². The van der Waals surface area contributed by atoms with Crippen LogP contribution in [0.2, 0.25) is 0 Å². The first-order chi connectivity index (χ1) is 32.2. The van der Waals surface area contributed by atoms with E-state index < -0.39 is 0 Å². The Balaban J connectivity index is 0.990. The largest absolute Gasteiger partial charge is 0.309 e. The molecule has 0 radical (unpaired) electrons. The lowest BCUT2D eigenvalue weighted by Gasteiger charge is -2.19. The van der Waals surface area contributed by atoms with Crippen molar-refractivity contribution in [3.8, 4) is 61.8 Å². The van der Waals surface area contributed by atoms with Crippen LogP contribution >= 0.6 is 0 Å². The molecule has 0 amide bonds. The molecule has 13 aromatic rings. The van der Waals surface area contributed by atoms with Gasteiger partial charge in [0, 0.05) is 27.5 Å². The van der Waals surface area contributed by atoms with Crippen molar-refractivity contribution in [3.63, 3.8) is 0 Å². The van der Waals surface area contributed by atoms with Crippen molar-refractivity contribution in [3.05, 3.63) is 237 Å². The van der Waals surface area contributed by atoms with Gasteiger partial charge in [-0.25, -0.2) is 9.97 Å². The number of rotatable bonds is 6. The predicted octanol–water partition coefficient (Wildman–Crippen LogP) is 16.5. The van der Waals surface area contributed by atoms with Crippen LogP contribution in [0, 0.1) is 0 Å². The van der Waals surface area contributed by atoms with Gasteiger partial charge in [0.1, 0.15) is 0 Å². The molecule has 0 unspecified atom stereocenters. The Kier molecular flexibility index (Phi) is 8.53. The van der Waals surface area contributed by atoms with Gasteiger partial charge in [0.15, 0.2) is 5.82 Å². The molecule has 3 heteroatoms. The van der Waals surface area contributed by atoms with Crippen molar-refractivity contribution >= 4 is 64.9 Å². The maximum atomic E-state index is 5.31. The van der Waals surface area contributed by atoms with Gasteiger partial charge in [-0.15, -0.1) is 0 Å². The third kappa shape index (κ3) is 6.05. The minimum atomic E-state index is 0.690. The van der Waals surface area contributed by atoms with Crippen LogP contribution in [0.25, 0.3) is 127 Å². The second kappa shape index (κ2) is 15.0. The van der Waals surface area contributed by atoms with Gasteiger partial charge in [-0.1, -0.05) is 200 Å². The van der Waals surface area contributed by atoms with E-state index in [4.69, 9.17) is 9.97 Å². The Morgan fingerprint density at radius 3 is 1.54 bits per heavy atom. The molecule has 3 nitrogen and oxygen atoms in total. The maximum absolute atomic E-state index is 5.31. The lowest BCUT2D eigenvalue weighted by molar-refractivity contribution is 1.15. The molecule has 2 aromatic heterocycles. The van der Waals surface area contributed by atoms with E-state index in [9.17, 15) is 0 Å². The lowest BCUT2D eigenvalue weighted by atomic mass is 9.83. The molecule has 0 aliphatic rings. The molecule has 0 aliphatic heterocycles. The molecular weight excluding hydrogens is 787 g/mol. The van der Waals surface area contributed by atoms with E-state index in [2.05, 4.69) is 235 Å². The Morgan fingerprint density at radius 1 is 0.292 bits per heavy atom. The van der Waals surface area contributed by atoms with E-state index in [1.807, 2.05) is 6.07 Å². The molecule has 0 saturated heterocycles. The molecule has 0 spiro atoms. The van der Waals surface area contributed by atoms with Crippen LogP contribution in [0.15, 0.2) is 237 Å². The number of aromatic nitrogens is 3. The van der Waals surface area contributed by atoms with E-state index >= 15 is 0 Å². The van der Waals surface area contributed by atoms with Crippen LogP contribution in [0.3, 0.4) is 0 Å². The minimum Gasteiger partial charge on any atom is -0.309 e. The molecule has 11 aromatic carbocycles. The zero-order chi connectivity index (χ0) is 42.8. The van der Waals surface area contributed by atoms with E-state index in [1.54, 1.807) is 0 Å². The fraction of sp³-hybridized carbons (Fsp3) is 0. The fourth-order valence-electron chi connectivity index (χ4n) is 10.2. The summed E-state index contributed by atoms with van der Waals surface area (Å²) in [6, 6.07) is 85.3. The van der Waals surface area contributed by atoms with Crippen molar-refractivity contribution in [1.29, 1.82) is 0 Å². The van der Waals surface area contributed by atoms with Gasteiger partial charge >= 0.3 is 0 Å². The first-order valence-corrected chi connectivity index (χ1v) is 22.2. The van der Waals surface area contributed by atoms with Crippen LogP contribution in [-0.2, 0) is 0 Å². The van der Waals surface area contributed by atoms with Crippen LogP contribution < -0.4 is 0 Å². The summed E-state index contributed by atoms with van der Waals surface area (Å²) in [6.45, 7) is 0. The van der Waals surface area contributed by atoms with Crippen LogP contribution in [-0.4, -0.2) is 14.5 Å². The molecule has 0 N–H and O–H groups in total. The highest BCUT2D eigenvalue weighted by Crippen LogP contribution is 2.47. The first kappa shape index (κ1) is 36.9. The van der Waals surface area contributed by atoms with Crippen molar-refractivity contribution in [1.82, 2.24) is 14.5 Å². The summed E-state index contributed by atoms with van der Waals surface area (Å²) < 4.78 is 2.38. The summed E-state index contributed by atoms with van der Waals surface area (Å²) in [5.41, 5.74) is 13.1. The van der Waals surface area contributed by atoms with Crippen molar-refractivity contribution in [2.75, 3.05) is 0 Å². The Morgan fingerprint density at radius 2 is 0.815 bits per heavy atom. The molecule has 0 bridgehead atoms. The summed E-state index contributed by atoms with van der Waals surface area (Å²) >= 11 is 0. The van der Waals surface area contributed by atoms with Gasteiger partial charge in [-0.05, 0) is 102 Å².